The number of hydrogen-bond acceptors (Lipinski definition) is 3. The minimum Gasteiger partial charge on any atom is -0.357 e. The molecule has 0 radical (unpaired) electrons. The number of piperidine rings is 1. The number of carbonyl (C=O) groups excluding carboxylic acids is 1. The van der Waals surface area contributed by atoms with Gasteiger partial charge in [-0.15, -0.1) is 24.0 Å². The van der Waals surface area contributed by atoms with Crippen LogP contribution in [0.3, 0.4) is 0 Å². The SMILES string of the molecule is CCNC(=NCCN1CCCCC1)NC1CCN(C(=O)C2CCCC2)C1.I. The number of amides is 1. The van der Waals surface area contributed by atoms with Crippen LogP contribution in [0.4, 0.5) is 0 Å². The van der Waals surface area contributed by atoms with Crippen molar-refractivity contribution >= 4 is 35.8 Å². The van der Waals surface area contributed by atoms with E-state index in [4.69, 9.17) is 4.99 Å². The van der Waals surface area contributed by atoms with E-state index in [9.17, 15) is 4.79 Å². The van der Waals surface area contributed by atoms with Crippen molar-refractivity contribution in [1.82, 2.24) is 20.4 Å². The third kappa shape index (κ3) is 7.07. The first kappa shape index (κ1) is 22.7. The van der Waals surface area contributed by atoms with E-state index in [2.05, 4.69) is 27.4 Å². The third-order valence-electron chi connectivity index (χ3n) is 6.02. The fourth-order valence-electron chi connectivity index (χ4n) is 4.51. The van der Waals surface area contributed by atoms with Crippen molar-refractivity contribution in [2.45, 2.75) is 64.3 Å². The first-order valence-corrected chi connectivity index (χ1v) is 10.8. The molecule has 1 unspecified atom stereocenters. The number of aliphatic imine (C=N–C) groups is 1. The summed E-state index contributed by atoms with van der Waals surface area (Å²) in [7, 11) is 0. The monoisotopic (exact) mass is 491 g/mol. The molecule has 2 aliphatic heterocycles. The molecule has 0 spiro atoms. The molecule has 1 atom stereocenters. The number of rotatable bonds is 6. The number of nitrogens with one attached hydrogen (secondary N) is 2. The number of halogens is 1. The van der Waals surface area contributed by atoms with Crippen molar-refractivity contribution in [2.75, 3.05) is 45.8 Å². The quantitative estimate of drug-likeness (QED) is 0.341. The minimum atomic E-state index is 0. The van der Waals surface area contributed by atoms with Gasteiger partial charge in [0.1, 0.15) is 0 Å². The van der Waals surface area contributed by atoms with Gasteiger partial charge in [0.15, 0.2) is 5.96 Å². The largest absolute Gasteiger partial charge is 0.357 e. The number of nitrogens with zero attached hydrogens (tertiary/aromatic N) is 3. The first-order chi connectivity index (χ1) is 12.8. The predicted octanol–water partition coefficient (Wildman–Crippen LogP) is 2.44. The highest BCUT2D eigenvalue weighted by atomic mass is 127. The molecule has 2 heterocycles. The Morgan fingerprint density at radius 1 is 1.04 bits per heavy atom. The van der Waals surface area contributed by atoms with Gasteiger partial charge in [-0.05, 0) is 52.1 Å². The van der Waals surface area contributed by atoms with Crippen LogP contribution in [0.2, 0.25) is 0 Å². The van der Waals surface area contributed by atoms with E-state index >= 15 is 0 Å². The number of carbonyl (C=O) groups is 1. The van der Waals surface area contributed by atoms with Crippen molar-refractivity contribution in [3.63, 3.8) is 0 Å². The van der Waals surface area contributed by atoms with Crippen molar-refractivity contribution in [3.05, 3.63) is 0 Å². The number of hydrogen-bond donors (Lipinski definition) is 2. The Morgan fingerprint density at radius 3 is 2.48 bits per heavy atom. The number of guanidine groups is 1. The summed E-state index contributed by atoms with van der Waals surface area (Å²) in [5, 5.41) is 6.92. The molecule has 0 aromatic heterocycles. The molecule has 27 heavy (non-hydrogen) atoms. The maximum atomic E-state index is 12.6. The molecule has 6 nitrogen and oxygen atoms in total. The van der Waals surface area contributed by atoms with Crippen LogP contribution < -0.4 is 10.6 Å². The molecule has 1 aliphatic carbocycles. The average Bonchev–Trinajstić information content (AvgIpc) is 3.34. The van der Waals surface area contributed by atoms with Gasteiger partial charge in [0.25, 0.3) is 0 Å². The smallest absolute Gasteiger partial charge is 0.225 e. The first-order valence-electron chi connectivity index (χ1n) is 10.8. The normalized spacial score (nSPS) is 24.7. The second-order valence-electron chi connectivity index (χ2n) is 8.06. The van der Waals surface area contributed by atoms with Crippen LogP contribution in [0, 0.1) is 5.92 Å². The fourth-order valence-corrected chi connectivity index (χ4v) is 4.51. The Bertz CT molecular complexity index is 475. The molecule has 3 rings (SSSR count). The van der Waals surface area contributed by atoms with Crippen LogP contribution in [0.15, 0.2) is 4.99 Å². The standard InChI is InChI=1S/C20H37N5O.HI/c1-2-21-20(22-11-15-24-12-6-3-7-13-24)23-18-10-14-25(16-18)19(26)17-8-4-5-9-17;/h17-18H,2-16H2,1H3,(H2,21,22,23);1H. The Balaban J connectivity index is 0.00000261. The summed E-state index contributed by atoms with van der Waals surface area (Å²) in [6, 6.07) is 0.327. The van der Waals surface area contributed by atoms with Gasteiger partial charge in [0, 0.05) is 38.1 Å². The van der Waals surface area contributed by atoms with E-state index in [1.54, 1.807) is 0 Å². The molecular formula is C20H38IN5O. The van der Waals surface area contributed by atoms with E-state index in [0.717, 1.165) is 57.9 Å². The molecule has 2 saturated heterocycles. The van der Waals surface area contributed by atoms with Crippen LogP contribution in [0.25, 0.3) is 0 Å². The van der Waals surface area contributed by atoms with Crippen molar-refractivity contribution in [2.24, 2.45) is 10.9 Å². The van der Waals surface area contributed by atoms with Gasteiger partial charge in [-0.25, -0.2) is 0 Å². The zero-order valence-corrected chi connectivity index (χ0v) is 19.2. The van der Waals surface area contributed by atoms with Crippen molar-refractivity contribution in [1.29, 1.82) is 0 Å². The molecule has 7 heteroatoms. The van der Waals surface area contributed by atoms with Gasteiger partial charge in [0.2, 0.25) is 5.91 Å². The van der Waals surface area contributed by atoms with E-state index in [1.165, 1.54) is 45.2 Å². The van der Waals surface area contributed by atoms with Gasteiger partial charge in [-0.1, -0.05) is 19.3 Å². The van der Waals surface area contributed by atoms with Crippen LogP contribution in [-0.4, -0.2) is 73.5 Å². The van der Waals surface area contributed by atoms with E-state index < -0.39 is 0 Å². The molecule has 2 N–H and O–H groups in total. The topological polar surface area (TPSA) is 60.0 Å². The van der Waals surface area contributed by atoms with E-state index in [-0.39, 0.29) is 24.0 Å². The predicted molar refractivity (Wildman–Crippen MR) is 122 cm³/mol. The maximum absolute atomic E-state index is 12.6. The summed E-state index contributed by atoms with van der Waals surface area (Å²) in [6.45, 7) is 9.02. The van der Waals surface area contributed by atoms with Gasteiger partial charge >= 0.3 is 0 Å². The highest BCUT2D eigenvalue weighted by molar-refractivity contribution is 14.0. The van der Waals surface area contributed by atoms with Gasteiger partial charge in [-0.2, -0.15) is 0 Å². The fraction of sp³-hybridized carbons (Fsp3) is 0.900. The summed E-state index contributed by atoms with van der Waals surface area (Å²) < 4.78 is 0. The average molecular weight is 491 g/mol. The lowest BCUT2D eigenvalue weighted by Crippen LogP contribution is -2.45. The summed E-state index contributed by atoms with van der Waals surface area (Å²) in [5.41, 5.74) is 0. The molecule has 156 valence electrons. The lowest BCUT2D eigenvalue weighted by molar-refractivity contribution is -0.134. The zero-order chi connectivity index (χ0) is 18.2. The van der Waals surface area contributed by atoms with Crippen LogP contribution in [0.5, 0.6) is 0 Å². The van der Waals surface area contributed by atoms with E-state index in [0.29, 0.717) is 17.9 Å². The van der Waals surface area contributed by atoms with Gasteiger partial charge < -0.3 is 20.4 Å². The number of likely N-dealkylation sites (tertiary alicyclic amines) is 2. The Kier molecular flexibility index (Phi) is 10.2. The molecule has 0 bridgehead atoms. The molecule has 0 aromatic carbocycles. The zero-order valence-electron chi connectivity index (χ0n) is 16.9. The van der Waals surface area contributed by atoms with Crippen LogP contribution in [0.1, 0.15) is 58.3 Å². The van der Waals surface area contributed by atoms with Crippen LogP contribution >= 0.6 is 24.0 Å². The molecular weight excluding hydrogens is 453 g/mol. The molecule has 0 aromatic rings. The minimum absolute atomic E-state index is 0. The Morgan fingerprint density at radius 2 is 1.78 bits per heavy atom. The molecule has 1 saturated carbocycles. The summed E-state index contributed by atoms with van der Waals surface area (Å²) in [4.78, 5) is 22.0. The maximum Gasteiger partial charge on any atom is 0.225 e. The van der Waals surface area contributed by atoms with Crippen molar-refractivity contribution in [3.8, 4) is 0 Å². The molecule has 3 aliphatic rings. The second-order valence-corrected chi connectivity index (χ2v) is 8.06. The van der Waals surface area contributed by atoms with Gasteiger partial charge in [-0.3, -0.25) is 9.79 Å². The summed E-state index contributed by atoms with van der Waals surface area (Å²) in [5.74, 6) is 1.59. The lowest BCUT2D eigenvalue weighted by Gasteiger charge is -2.25. The molecule has 3 fully saturated rings. The summed E-state index contributed by atoms with van der Waals surface area (Å²) in [6.07, 6.45) is 9.68. The van der Waals surface area contributed by atoms with Crippen molar-refractivity contribution < 1.29 is 4.79 Å². The van der Waals surface area contributed by atoms with E-state index in [1.807, 2.05) is 0 Å². The summed E-state index contributed by atoms with van der Waals surface area (Å²) >= 11 is 0. The second kappa shape index (κ2) is 12.1. The third-order valence-corrected chi connectivity index (χ3v) is 6.02. The highest BCUT2D eigenvalue weighted by Gasteiger charge is 2.32. The Labute approximate surface area is 181 Å². The van der Waals surface area contributed by atoms with Gasteiger partial charge in [0.05, 0.1) is 6.54 Å². The van der Waals surface area contributed by atoms with Crippen LogP contribution in [-0.2, 0) is 4.79 Å². The Hall–Kier alpha value is -0.570. The lowest BCUT2D eigenvalue weighted by atomic mass is 10.1. The highest BCUT2D eigenvalue weighted by Crippen LogP contribution is 2.27. The molecule has 1 amide bonds.